The van der Waals surface area contributed by atoms with E-state index in [9.17, 15) is 9.18 Å². The molecule has 2 aromatic rings. The molecule has 1 saturated heterocycles. The number of halogens is 2. The SMILES string of the molecule is COCCCN1C(=O)C[C@H](c2ccc(Cl)cc2)[C@H]2[C@@H](NCc3ccccc3F)CCC[C@H]21. The van der Waals surface area contributed by atoms with Crippen LogP contribution in [0, 0.1) is 11.7 Å². The minimum absolute atomic E-state index is 0.127. The van der Waals surface area contributed by atoms with Gasteiger partial charge < -0.3 is 15.0 Å². The van der Waals surface area contributed by atoms with Crippen LogP contribution in [0.4, 0.5) is 4.39 Å². The van der Waals surface area contributed by atoms with E-state index in [1.807, 2.05) is 24.3 Å². The third-order valence-electron chi connectivity index (χ3n) is 7.06. The first-order valence-corrected chi connectivity index (χ1v) is 12.0. The number of ether oxygens (including phenoxy) is 1. The minimum atomic E-state index is -0.179. The molecule has 2 fully saturated rings. The quantitative estimate of drug-likeness (QED) is 0.555. The Morgan fingerprint density at radius 3 is 2.69 bits per heavy atom. The van der Waals surface area contributed by atoms with Crippen molar-refractivity contribution >= 4 is 17.5 Å². The van der Waals surface area contributed by atoms with Crippen molar-refractivity contribution < 1.29 is 13.9 Å². The van der Waals surface area contributed by atoms with Gasteiger partial charge in [0.05, 0.1) is 0 Å². The van der Waals surface area contributed by atoms with Gasteiger partial charge in [-0.05, 0) is 55.4 Å². The highest BCUT2D eigenvalue weighted by Crippen LogP contribution is 2.45. The summed E-state index contributed by atoms with van der Waals surface area (Å²) in [6, 6.07) is 15.3. The second-order valence-corrected chi connectivity index (χ2v) is 9.39. The number of rotatable bonds is 8. The third kappa shape index (κ3) is 5.16. The molecule has 1 amide bonds. The number of nitrogens with zero attached hydrogens (tertiary/aromatic N) is 1. The number of methoxy groups -OCH3 is 1. The number of piperidine rings is 1. The molecule has 4 rings (SSSR count). The number of carbonyl (C=O) groups excluding carboxylic acids is 1. The molecular formula is C26H32ClFN2O2. The molecule has 1 saturated carbocycles. The first kappa shape index (κ1) is 23.2. The predicted octanol–water partition coefficient (Wildman–Crippen LogP) is 5.16. The number of fused-ring (bicyclic) bond motifs is 1. The van der Waals surface area contributed by atoms with Crippen LogP contribution in [0.1, 0.15) is 49.1 Å². The Hall–Kier alpha value is -1.95. The van der Waals surface area contributed by atoms with Gasteiger partial charge in [0.1, 0.15) is 5.82 Å². The summed E-state index contributed by atoms with van der Waals surface area (Å²) in [5, 5.41) is 4.36. The molecule has 4 atom stereocenters. The molecule has 1 aliphatic carbocycles. The number of benzene rings is 2. The van der Waals surface area contributed by atoms with Crippen molar-refractivity contribution in [3.8, 4) is 0 Å². The van der Waals surface area contributed by atoms with Crippen molar-refractivity contribution in [2.24, 2.45) is 5.92 Å². The van der Waals surface area contributed by atoms with Crippen molar-refractivity contribution in [2.75, 3.05) is 20.3 Å². The first-order valence-electron chi connectivity index (χ1n) is 11.6. The molecule has 1 heterocycles. The summed E-state index contributed by atoms with van der Waals surface area (Å²) in [5.41, 5.74) is 1.84. The Balaban J connectivity index is 1.59. The topological polar surface area (TPSA) is 41.6 Å². The average Bonchev–Trinajstić information content (AvgIpc) is 2.80. The van der Waals surface area contributed by atoms with Gasteiger partial charge in [0.25, 0.3) is 0 Å². The fraction of sp³-hybridized carbons (Fsp3) is 0.500. The van der Waals surface area contributed by atoms with Crippen molar-refractivity contribution in [1.82, 2.24) is 10.2 Å². The predicted molar refractivity (Wildman–Crippen MR) is 125 cm³/mol. The molecule has 6 heteroatoms. The molecular weight excluding hydrogens is 427 g/mol. The summed E-state index contributed by atoms with van der Waals surface area (Å²) >= 11 is 6.14. The number of likely N-dealkylation sites (tertiary alicyclic amines) is 1. The molecule has 0 bridgehead atoms. The normalized spacial score (nSPS) is 25.6. The van der Waals surface area contributed by atoms with Crippen LogP contribution in [0.2, 0.25) is 5.02 Å². The summed E-state index contributed by atoms with van der Waals surface area (Å²) in [5.74, 6) is 0.442. The molecule has 32 heavy (non-hydrogen) atoms. The van der Waals surface area contributed by atoms with Crippen LogP contribution in [0.25, 0.3) is 0 Å². The summed E-state index contributed by atoms with van der Waals surface area (Å²) in [6.45, 7) is 1.86. The van der Waals surface area contributed by atoms with Crippen LogP contribution in [0.5, 0.6) is 0 Å². The van der Waals surface area contributed by atoms with E-state index in [0.717, 1.165) is 37.8 Å². The third-order valence-corrected chi connectivity index (χ3v) is 7.31. The minimum Gasteiger partial charge on any atom is -0.385 e. The van der Waals surface area contributed by atoms with Gasteiger partial charge in [0.2, 0.25) is 5.91 Å². The van der Waals surface area contributed by atoms with Crippen molar-refractivity contribution in [3.05, 3.63) is 70.5 Å². The summed E-state index contributed by atoms with van der Waals surface area (Å²) in [4.78, 5) is 15.3. The molecule has 0 unspecified atom stereocenters. The van der Waals surface area contributed by atoms with Gasteiger partial charge in [-0.2, -0.15) is 0 Å². The smallest absolute Gasteiger partial charge is 0.223 e. The number of carbonyl (C=O) groups is 1. The lowest BCUT2D eigenvalue weighted by Crippen LogP contribution is -2.59. The van der Waals surface area contributed by atoms with Gasteiger partial charge in [-0.25, -0.2) is 4.39 Å². The van der Waals surface area contributed by atoms with Crippen molar-refractivity contribution in [1.29, 1.82) is 0 Å². The van der Waals surface area contributed by atoms with E-state index in [1.165, 1.54) is 6.07 Å². The van der Waals surface area contributed by atoms with Crippen LogP contribution in [0.3, 0.4) is 0 Å². The van der Waals surface area contributed by atoms with E-state index in [1.54, 1.807) is 13.2 Å². The standard InChI is InChI=1S/C26H32ClFN2O2/c1-32-15-5-14-30-24-9-4-8-23(29-17-19-6-2-3-7-22(19)28)26(24)21(16-25(30)31)18-10-12-20(27)13-11-18/h2-3,6-7,10-13,21,23-24,26,29H,4-5,8-9,14-17H2,1H3/t21-,23+,24-,26+/m1/s1. The zero-order chi connectivity index (χ0) is 22.5. The molecule has 0 radical (unpaired) electrons. The van der Waals surface area contributed by atoms with E-state index >= 15 is 0 Å². The zero-order valence-corrected chi connectivity index (χ0v) is 19.4. The Labute approximate surface area is 195 Å². The van der Waals surface area contributed by atoms with Crippen molar-refractivity contribution in [2.45, 2.75) is 56.7 Å². The Bertz CT molecular complexity index is 907. The van der Waals surface area contributed by atoms with E-state index in [0.29, 0.717) is 30.2 Å². The number of hydrogen-bond donors (Lipinski definition) is 1. The molecule has 1 aliphatic heterocycles. The average molecular weight is 459 g/mol. The van der Waals surface area contributed by atoms with E-state index < -0.39 is 0 Å². The lowest BCUT2D eigenvalue weighted by Gasteiger charge is -2.51. The molecule has 2 aliphatic rings. The van der Waals surface area contributed by atoms with Crippen LogP contribution in [-0.2, 0) is 16.1 Å². The maximum absolute atomic E-state index is 14.2. The number of amides is 1. The fourth-order valence-corrected chi connectivity index (χ4v) is 5.71. The molecule has 2 aromatic carbocycles. The van der Waals surface area contributed by atoms with Crippen LogP contribution < -0.4 is 5.32 Å². The summed E-state index contributed by atoms with van der Waals surface area (Å²) in [7, 11) is 1.70. The summed E-state index contributed by atoms with van der Waals surface area (Å²) < 4.78 is 19.5. The number of hydrogen-bond acceptors (Lipinski definition) is 3. The van der Waals surface area contributed by atoms with Gasteiger partial charge in [-0.1, -0.05) is 41.9 Å². The number of nitrogens with one attached hydrogen (secondary N) is 1. The van der Waals surface area contributed by atoms with Crippen LogP contribution in [0.15, 0.2) is 48.5 Å². The lowest BCUT2D eigenvalue weighted by molar-refractivity contribution is -0.142. The highest BCUT2D eigenvalue weighted by Gasteiger charge is 2.47. The maximum Gasteiger partial charge on any atom is 0.223 e. The van der Waals surface area contributed by atoms with E-state index in [-0.39, 0.29) is 35.6 Å². The van der Waals surface area contributed by atoms with Gasteiger partial charge >= 0.3 is 0 Å². The molecule has 4 nitrogen and oxygen atoms in total. The lowest BCUT2D eigenvalue weighted by atomic mass is 9.66. The first-order chi connectivity index (χ1) is 15.6. The maximum atomic E-state index is 14.2. The molecule has 0 spiro atoms. The van der Waals surface area contributed by atoms with Crippen LogP contribution in [-0.4, -0.2) is 43.2 Å². The zero-order valence-electron chi connectivity index (χ0n) is 18.6. The molecule has 1 N–H and O–H groups in total. The summed E-state index contributed by atoms with van der Waals surface area (Å²) in [6.07, 6.45) is 4.42. The molecule has 0 aromatic heterocycles. The fourth-order valence-electron chi connectivity index (χ4n) is 5.58. The Kier molecular flexibility index (Phi) is 7.82. The molecule has 172 valence electrons. The van der Waals surface area contributed by atoms with Gasteiger partial charge in [0, 0.05) is 61.8 Å². The second kappa shape index (κ2) is 10.8. The van der Waals surface area contributed by atoms with Gasteiger partial charge in [-0.3, -0.25) is 4.79 Å². The van der Waals surface area contributed by atoms with E-state index in [4.69, 9.17) is 16.3 Å². The van der Waals surface area contributed by atoms with Crippen LogP contribution >= 0.6 is 11.6 Å². The van der Waals surface area contributed by atoms with Gasteiger partial charge in [0.15, 0.2) is 0 Å². The second-order valence-electron chi connectivity index (χ2n) is 8.95. The highest BCUT2D eigenvalue weighted by molar-refractivity contribution is 6.30. The van der Waals surface area contributed by atoms with E-state index in [2.05, 4.69) is 22.3 Å². The van der Waals surface area contributed by atoms with Gasteiger partial charge in [-0.15, -0.1) is 0 Å². The van der Waals surface area contributed by atoms with Crippen molar-refractivity contribution in [3.63, 3.8) is 0 Å². The largest absolute Gasteiger partial charge is 0.385 e. The Morgan fingerprint density at radius 1 is 1.16 bits per heavy atom. The Morgan fingerprint density at radius 2 is 1.94 bits per heavy atom. The highest BCUT2D eigenvalue weighted by atomic mass is 35.5. The monoisotopic (exact) mass is 458 g/mol.